The first-order valence-corrected chi connectivity index (χ1v) is 10.8. The Kier molecular flexibility index (Phi) is 5.70. The standard InChI is InChI=1S/C20H18N2O7S/c1-22-18(24)15-7-6-14(9-16(15)19(22)25)21-17(23)10-29-20(26)13-5-3-4-12(8-13)11-30(2,27)28/h3-9H,10-11H2,1-2H3,(H,21,23). The second-order valence-corrected chi connectivity index (χ2v) is 8.96. The number of fused-ring (bicyclic) bond motifs is 1. The van der Waals surface area contributed by atoms with Crippen molar-refractivity contribution >= 4 is 39.2 Å². The molecule has 0 saturated heterocycles. The Hall–Kier alpha value is -3.53. The maximum absolute atomic E-state index is 12.1. The lowest BCUT2D eigenvalue weighted by Gasteiger charge is -2.08. The molecule has 2 aromatic carbocycles. The number of hydrogen-bond donors (Lipinski definition) is 1. The van der Waals surface area contributed by atoms with Crippen LogP contribution in [0.2, 0.25) is 0 Å². The summed E-state index contributed by atoms with van der Waals surface area (Å²) in [5.74, 6) is -2.52. The van der Waals surface area contributed by atoms with Crippen LogP contribution in [0, 0.1) is 0 Å². The van der Waals surface area contributed by atoms with Gasteiger partial charge in [-0.05, 0) is 35.9 Å². The van der Waals surface area contributed by atoms with Crippen LogP contribution in [-0.2, 0) is 25.1 Å². The second kappa shape index (κ2) is 8.07. The summed E-state index contributed by atoms with van der Waals surface area (Å²) < 4.78 is 27.7. The number of nitrogens with zero attached hydrogens (tertiary/aromatic N) is 1. The highest BCUT2D eigenvalue weighted by molar-refractivity contribution is 7.89. The van der Waals surface area contributed by atoms with E-state index in [0.717, 1.165) is 11.2 Å². The van der Waals surface area contributed by atoms with Crippen LogP contribution in [0.25, 0.3) is 0 Å². The van der Waals surface area contributed by atoms with Gasteiger partial charge in [-0.2, -0.15) is 0 Å². The first-order valence-electron chi connectivity index (χ1n) is 8.75. The van der Waals surface area contributed by atoms with Crippen LogP contribution in [0.3, 0.4) is 0 Å². The van der Waals surface area contributed by atoms with E-state index in [-0.39, 0.29) is 28.1 Å². The summed E-state index contributed by atoms with van der Waals surface area (Å²) in [6, 6.07) is 10.2. The van der Waals surface area contributed by atoms with E-state index in [1.807, 2.05) is 0 Å². The molecule has 3 amide bonds. The lowest BCUT2D eigenvalue weighted by Crippen LogP contribution is -2.24. The van der Waals surface area contributed by atoms with Crippen molar-refractivity contribution in [2.24, 2.45) is 0 Å². The molecule has 0 spiro atoms. The van der Waals surface area contributed by atoms with E-state index in [1.165, 1.54) is 43.4 Å². The molecular weight excluding hydrogens is 412 g/mol. The monoisotopic (exact) mass is 430 g/mol. The van der Waals surface area contributed by atoms with Crippen molar-refractivity contribution in [3.05, 3.63) is 64.7 Å². The van der Waals surface area contributed by atoms with Crippen molar-refractivity contribution in [2.45, 2.75) is 5.75 Å². The summed E-state index contributed by atoms with van der Waals surface area (Å²) in [6.07, 6.45) is 1.09. The summed E-state index contributed by atoms with van der Waals surface area (Å²) >= 11 is 0. The topological polar surface area (TPSA) is 127 Å². The van der Waals surface area contributed by atoms with Gasteiger partial charge in [-0.3, -0.25) is 19.3 Å². The number of carbonyl (C=O) groups excluding carboxylic acids is 4. The number of rotatable bonds is 6. The van der Waals surface area contributed by atoms with Crippen LogP contribution in [0.1, 0.15) is 36.6 Å². The number of imide groups is 1. The number of nitrogens with one attached hydrogen (secondary N) is 1. The van der Waals surface area contributed by atoms with Gasteiger partial charge in [0.05, 0.1) is 22.4 Å². The molecule has 3 rings (SSSR count). The van der Waals surface area contributed by atoms with Crippen LogP contribution in [0.15, 0.2) is 42.5 Å². The van der Waals surface area contributed by atoms with Gasteiger partial charge in [0, 0.05) is 19.0 Å². The zero-order valence-corrected chi connectivity index (χ0v) is 17.0. The minimum atomic E-state index is -3.26. The quantitative estimate of drug-likeness (QED) is 0.540. The molecule has 0 atom stereocenters. The smallest absolute Gasteiger partial charge is 0.338 e. The number of sulfone groups is 1. The molecule has 1 aliphatic rings. The SMILES string of the molecule is CN1C(=O)c2ccc(NC(=O)COC(=O)c3cccc(CS(C)(=O)=O)c3)cc2C1=O. The van der Waals surface area contributed by atoms with E-state index in [9.17, 15) is 27.6 Å². The molecule has 10 heteroatoms. The highest BCUT2D eigenvalue weighted by Crippen LogP contribution is 2.24. The number of hydrogen-bond acceptors (Lipinski definition) is 7. The third-order valence-electron chi connectivity index (χ3n) is 4.30. The van der Waals surface area contributed by atoms with Crippen molar-refractivity contribution in [3.63, 3.8) is 0 Å². The van der Waals surface area contributed by atoms with Crippen molar-refractivity contribution in [2.75, 3.05) is 25.2 Å². The van der Waals surface area contributed by atoms with Crippen LogP contribution >= 0.6 is 0 Å². The molecule has 1 heterocycles. The van der Waals surface area contributed by atoms with Crippen LogP contribution < -0.4 is 5.32 Å². The van der Waals surface area contributed by atoms with Gasteiger partial charge in [0.25, 0.3) is 17.7 Å². The maximum atomic E-state index is 12.1. The number of anilines is 1. The largest absolute Gasteiger partial charge is 0.452 e. The van der Waals surface area contributed by atoms with Crippen molar-refractivity contribution in [1.29, 1.82) is 0 Å². The number of ether oxygens (including phenoxy) is 1. The van der Waals surface area contributed by atoms with Crippen molar-refractivity contribution in [1.82, 2.24) is 4.90 Å². The normalized spacial score (nSPS) is 13.2. The summed E-state index contributed by atoms with van der Waals surface area (Å²) in [4.78, 5) is 49.1. The molecule has 156 valence electrons. The Bertz CT molecular complexity index is 1170. The number of carbonyl (C=O) groups is 4. The summed E-state index contributed by atoms with van der Waals surface area (Å²) in [6.45, 7) is -0.584. The molecule has 1 N–H and O–H groups in total. The van der Waals surface area contributed by atoms with E-state index in [1.54, 1.807) is 6.07 Å². The summed E-state index contributed by atoms with van der Waals surface area (Å²) in [5.41, 5.74) is 1.26. The van der Waals surface area contributed by atoms with Crippen LogP contribution in [0.5, 0.6) is 0 Å². The summed E-state index contributed by atoms with van der Waals surface area (Å²) in [7, 11) is -1.89. The summed E-state index contributed by atoms with van der Waals surface area (Å²) in [5, 5.41) is 2.49. The molecule has 0 bridgehead atoms. The Balaban J connectivity index is 1.60. The van der Waals surface area contributed by atoms with Gasteiger partial charge in [0.1, 0.15) is 0 Å². The zero-order chi connectivity index (χ0) is 22.1. The van der Waals surface area contributed by atoms with Gasteiger partial charge >= 0.3 is 5.97 Å². The van der Waals surface area contributed by atoms with E-state index in [0.29, 0.717) is 5.56 Å². The fourth-order valence-corrected chi connectivity index (χ4v) is 3.73. The maximum Gasteiger partial charge on any atom is 0.338 e. The third-order valence-corrected chi connectivity index (χ3v) is 5.16. The van der Waals surface area contributed by atoms with E-state index in [2.05, 4.69) is 5.32 Å². The molecule has 30 heavy (non-hydrogen) atoms. The Morgan fingerprint density at radius 3 is 2.43 bits per heavy atom. The molecule has 0 aromatic heterocycles. The molecule has 0 aliphatic carbocycles. The molecule has 0 fully saturated rings. The van der Waals surface area contributed by atoms with Gasteiger partial charge in [-0.25, -0.2) is 13.2 Å². The minimum Gasteiger partial charge on any atom is -0.452 e. The van der Waals surface area contributed by atoms with E-state index in [4.69, 9.17) is 4.74 Å². The minimum absolute atomic E-state index is 0.119. The van der Waals surface area contributed by atoms with Gasteiger partial charge in [-0.15, -0.1) is 0 Å². The van der Waals surface area contributed by atoms with Crippen LogP contribution in [0.4, 0.5) is 5.69 Å². The lowest BCUT2D eigenvalue weighted by molar-refractivity contribution is -0.119. The first-order chi connectivity index (χ1) is 14.0. The van der Waals surface area contributed by atoms with Crippen molar-refractivity contribution in [3.8, 4) is 0 Å². The third kappa shape index (κ3) is 4.71. The fourth-order valence-electron chi connectivity index (χ4n) is 2.94. The number of amides is 3. The van der Waals surface area contributed by atoms with Gasteiger partial charge < -0.3 is 10.1 Å². The van der Waals surface area contributed by atoms with Crippen LogP contribution in [-0.4, -0.2) is 56.9 Å². The zero-order valence-electron chi connectivity index (χ0n) is 16.2. The predicted octanol–water partition coefficient (Wildman–Crippen LogP) is 1.25. The highest BCUT2D eigenvalue weighted by atomic mass is 32.2. The molecule has 0 radical (unpaired) electrons. The molecule has 9 nitrogen and oxygen atoms in total. The molecule has 2 aromatic rings. The Morgan fingerprint density at radius 2 is 1.73 bits per heavy atom. The predicted molar refractivity (Wildman–Crippen MR) is 107 cm³/mol. The average molecular weight is 430 g/mol. The Labute approximate surface area is 172 Å². The van der Waals surface area contributed by atoms with Crippen molar-refractivity contribution < 1.29 is 32.3 Å². The molecule has 0 unspecified atom stereocenters. The van der Waals surface area contributed by atoms with Gasteiger partial charge in [-0.1, -0.05) is 12.1 Å². The lowest BCUT2D eigenvalue weighted by atomic mass is 10.1. The van der Waals surface area contributed by atoms with E-state index < -0.39 is 40.1 Å². The van der Waals surface area contributed by atoms with E-state index >= 15 is 0 Å². The van der Waals surface area contributed by atoms with Gasteiger partial charge in [0.2, 0.25) is 0 Å². The second-order valence-electron chi connectivity index (χ2n) is 6.82. The van der Waals surface area contributed by atoms with Gasteiger partial charge in [0.15, 0.2) is 16.4 Å². The molecule has 1 aliphatic heterocycles. The Morgan fingerprint density at radius 1 is 1.03 bits per heavy atom. The highest BCUT2D eigenvalue weighted by Gasteiger charge is 2.32. The first kappa shape index (κ1) is 21.2. The molecule has 0 saturated carbocycles. The number of esters is 1. The number of benzene rings is 2. The molecular formula is C20H18N2O7S. The average Bonchev–Trinajstić information content (AvgIpc) is 2.89. The fraction of sp³-hybridized carbons (Fsp3) is 0.200.